The third-order valence-electron chi connectivity index (χ3n) is 6.20. The number of amides is 1. The minimum atomic E-state index is -0.487. The maximum absolute atomic E-state index is 14.8. The van der Waals surface area contributed by atoms with Gasteiger partial charge in [-0.2, -0.15) is 0 Å². The first-order valence-electron chi connectivity index (χ1n) is 10.7. The predicted molar refractivity (Wildman–Crippen MR) is 128 cm³/mol. The van der Waals surface area contributed by atoms with Crippen LogP contribution in [0.1, 0.15) is 40.2 Å². The third kappa shape index (κ3) is 5.01. The summed E-state index contributed by atoms with van der Waals surface area (Å²) < 4.78 is 36.0. The van der Waals surface area contributed by atoms with Gasteiger partial charge < -0.3 is 19.9 Å². The van der Waals surface area contributed by atoms with Gasteiger partial charge >= 0.3 is 0 Å². The Labute approximate surface area is 202 Å². The van der Waals surface area contributed by atoms with Gasteiger partial charge in [-0.1, -0.05) is 23.7 Å². The van der Waals surface area contributed by atoms with Crippen molar-refractivity contribution in [3.8, 4) is 0 Å². The highest BCUT2D eigenvalue weighted by Gasteiger charge is 2.29. The molecule has 1 aliphatic heterocycles. The zero-order chi connectivity index (χ0) is 22.8. The van der Waals surface area contributed by atoms with Crippen LogP contribution in [0.4, 0.5) is 8.78 Å². The van der Waals surface area contributed by atoms with Gasteiger partial charge in [-0.15, -0.1) is 12.4 Å². The molecule has 4 rings (SSSR count). The standard InChI is InChI=1S/C24H26ClF2N3O2.ClH/c1-32-11-10-30-14-18(22-21(27)5-3-19(25)23(22)30)24(31)29-8-6-16(7-9-29)17-12-15(13-28)2-4-20(17)26;/h2-5,12,14,16H,6-11,13,28H2,1H3;1H. The van der Waals surface area contributed by atoms with Crippen LogP contribution in [0.15, 0.2) is 36.5 Å². The van der Waals surface area contributed by atoms with Crippen molar-refractivity contribution in [2.45, 2.75) is 31.8 Å². The van der Waals surface area contributed by atoms with Crippen molar-refractivity contribution in [2.24, 2.45) is 5.73 Å². The molecule has 0 unspecified atom stereocenters. The number of piperidine rings is 1. The number of hydrogen-bond acceptors (Lipinski definition) is 3. The Balaban J connectivity index is 0.00000306. The van der Waals surface area contributed by atoms with E-state index in [1.807, 2.05) is 6.07 Å². The number of fused-ring (bicyclic) bond motifs is 1. The third-order valence-corrected chi connectivity index (χ3v) is 6.51. The average molecular weight is 498 g/mol. The van der Waals surface area contributed by atoms with Crippen molar-refractivity contribution in [3.05, 3.63) is 69.9 Å². The largest absolute Gasteiger partial charge is 0.383 e. The Morgan fingerprint density at radius 1 is 1.18 bits per heavy atom. The molecule has 178 valence electrons. The van der Waals surface area contributed by atoms with Crippen molar-refractivity contribution < 1.29 is 18.3 Å². The molecule has 0 spiro atoms. The molecule has 33 heavy (non-hydrogen) atoms. The lowest BCUT2D eigenvalue weighted by Crippen LogP contribution is -2.38. The zero-order valence-corrected chi connectivity index (χ0v) is 19.9. The van der Waals surface area contributed by atoms with Gasteiger partial charge in [-0.05, 0) is 48.1 Å². The van der Waals surface area contributed by atoms with E-state index in [0.717, 1.165) is 5.56 Å². The molecule has 1 saturated heterocycles. The SMILES string of the molecule is COCCn1cc(C(=O)N2CCC(c3cc(CN)ccc3F)CC2)c2c(F)ccc(Cl)c21.Cl. The Bertz CT molecular complexity index is 1140. The summed E-state index contributed by atoms with van der Waals surface area (Å²) in [5.41, 5.74) is 8.00. The van der Waals surface area contributed by atoms with Crippen molar-refractivity contribution in [2.75, 3.05) is 26.8 Å². The number of ether oxygens (including phenoxy) is 1. The summed E-state index contributed by atoms with van der Waals surface area (Å²) in [6.45, 7) is 2.13. The number of aromatic nitrogens is 1. The Hall–Kier alpha value is -2.19. The van der Waals surface area contributed by atoms with Crippen molar-refractivity contribution in [1.82, 2.24) is 9.47 Å². The van der Waals surface area contributed by atoms with Gasteiger partial charge in [0.05, 0.1) is 22.7 Å². The summed E-state index contributed by atoms with van der Waals surface area (Å²) in [6, 6.07) is 7.74. The lowest BCUT2D eigenvalue weighted by molar-refractivity contribution is 0.0713. The van der Waals surface area contributed by atoms with Gasteiger partial charge in [-0.25, -0.2) is 8.78 Å². The molecule has 1 aliphatic rings. The normalized spacial score (nSPS) is 14.5. The Kier molecular flexibility index (Phi) is 8.34. The summed E-state index contributed by atoms with van der Waals surface area (Å²) in [5.74, 6) is -0.967. The second-order valence-electron chi connectivity index (χ2n) is 8.11. The Morgan fingerprint density at radius 3 is 2.55 bits per heavy atom. The van der Waals surface area contributed by atoms with E-state index in [1.165, 1.54) is 18.2 Å². The number of carbonyl (C=O) groups excluding carboxylic acids is 1. The number of hydrogen-bond donors (Lipinski definition) is 1. The minimum Gasteiger partial charge on any atom is -0.383 e. The minimum absolute atomic E-state index is 0. The molecule has 1 amide bonds. The number of halogens is 4. The summed E-state index contributed by atoms with van der Waals surface area (Å²) in [5, 5.41) is 0.605. The molecule has 2 heterocycles. The van der Waals surface area contributed by atoms with E-state index in [4.69, 9.17) is 22.1 Å². The first-order valence-corrected chi connectivity index (χ1v) is 11.1. The predicted octanol–water partition coefficient (Wildman–Crippen LogP) is 5.12. The number of rotatable bonds is 6. The molecule has 3 aromatic rings. The molecule has 0 radical (unpaired) electrons. The van der Waals surface area contributed by atoms with E-state index in [2.05, 4.69) is 0 Å². The van der Waals surface area contributed by atoms with E-state index >= 15 is 0 Å². The first kappa shape index (κ1) is 25.4. The maximum atomic E-state index is 14.8. The highest BCUT2D eigenvalue weighted by Crippen LogP contribution is 2.34. The quantitative estimate of drug-likeness (QED) is 0.514. The van der Waals surface area contributed by atoms with Crippen LogP contribution < -0.4 is 5.73 Å². The van der Waals surface area contributed by atoms with E-state index < -0.39 is 5.82 Å². The van der Waals surface area contributed by atoms with Gasteiger partial charge in [0.15, 0.2) is 0 Å². The molecule has 0 aliphatic carbocycles. The molecule has 0 atom stereocenters. The molecule has 9 heteroatoms. The highest BCUT2D eigenvalue weighted by atomic mass is 35.5. The second-order valence-corrected chi connectivity index (χ2v) is 8.52. The van der Waals surface area contributed by atoms with Crippen LogP contribution in [0.5, 0.6) is 0 Å². The van der Waals surface area contributed by atoms with Crippen molar-refractivity contribution >= 4 is 40.8 Å². The van der Waals surface area contributed by atoms with Gasteiger partial charge in [0.25, 0.3) is 5.91 Å². The van der Waals surface area contributed by atoms with Crippen LogP contribution in [0, 0.1) is 11.6 Å². The monoisotopic (exact) mass is 497 g/mol. The van der Waals surface area contributed by atoms with Gasteiger partial charge in [-0.3, -0.25) is 4.79 Å². The maximum Gasteiger partial charge on any atom is 0.256 e. The second kappa shape index (κ2) is 10.8. The van der Waals surface area contributed by atoms with E-state index in [1.54, 1.807) is 28.8 Å². The fourth-order valence-electron chi connectivity index (χ4n) is 4.49. The molecule has 5 nitrogen and oxygen atoms in total. The van der Waals surface area contributed by atoms with Gasteiger partial charge in [0.2, 0.25) is 0 Å². The van der Waals surface area contributed by atoms with E-state index in [-0.39, 0.29) is 41.0 Å². The average Bonchev–Trinajstić information content (AvgIpc) is 3.21. The van der Waals surface area contributed by atoms with Crippen LogP contribution in [0.3, 0.4) is 0 Å². The number of nitrogens with two attached hydrogens (primary N) is 1. The Morgan fingerprint density at radius 2 is 1.88 bits per heavy atom. The molecule has 0 saturated carbocycles. The summed E-state index contributed by atoms with van der Waals surface area (Å²) >= 11 is 6.35. The van der Waals surface area contributed by atoms with Crippen LogP contribution in [-0.4, -0.2) is 42.2 Å². The summed E-state index contributed by atoms with van der Waals surface area (Å²) in [4.78, 5) is 15.1. The lowest BCUT2D eigenvalue weighted by atomic mass is 9.88. The van der Waals surface area contributed by atoms with E-state index in [9.17, 15) is 13.6 Å². The summed E-state index contributed by atoms with van der Waals surface area (Å²) in [6.07, 6.45) is 2.90. The van der Waals surface area contributed by atoms with Crippen LogP contribution in [0.25, 0.3) is 10.9 Å². The fourth-order valence-corrected chi connectivity index (χ4v) is 4.75. The van der Waals surface area contributed by atoms with Crippen LogP contribution in [0.2, 0.25) is 5.02 Å². The number of carbonyl (C=O) groups is 1. The molecular formula is C24H27Cl2F2N3O2. The van der Waals surface area contributed by atoms with E-state index in [0.29, 0.717) is 61.7 Å². The summed E-state index contributed by atoms with van der Waals surface area (Å²) in [7, 11) is 1.58. The smallest absolute Gasteiger partial charge is 0.256 e. The topological polar surface area (TPSA) is 60.5 Å². The molecular weight excluding hydrogens is 471 g/mol. The van der Waals surface area contributed by atoms with Crippen LogP contribution in [-0.2, 0) is 17.8 Å². The molecule has 0 bridgehead atoms. The highest BCUT2D eigenvalue weighted by molar-refractivity contribution is 6.35. The van der Waals surface area contributed by atoms with Crippen molar-refractivity contribution in [1.29, 1.82) is 0 Å². The molecule has 1 aromatic heterocycles. The zero-order valence-electron chi connectivity index (χ0n) is 18.3. The molecule has 2 aromatic carbocycles. The first-order chi connectivity index (χ1) is 15.4. The van der Waals surface area contributed by atoms with Crippen LogP contribution >= 0.6 is 24.0 Å². The number of methoxy groups -OCH3 is 1. The molecule has 2 N–H and O–H groups in total. The number of benzene rings is 2. The number of nitrogens with zero attached hydrogens (tertiary/aromatic N) is 2. The fraction of sp³-hybridized carbons (Fsp3) is 0.375. The lowest BCUT2D eigenvalue weighted by Gasteiger charge is -2.32. The molecule has 1 fully saturated rings. The van der Waals surface area contributed by atoms with Gasteiger partial charge in [0.1, 0.15) is 11.6 Å². The van der Waals surface area contributed by atoms with Gasteiger partial charge in [0, 0.05) is 44.9 Å². The number of likely N-dealkylation sites (tertiary alicyclic amines) is 1. The van der Waals surface area contributed by atoms with Crippen molar-refractivity contribution in [3.63, 3.8) is 0 Å².